The number of aromatic nitrogens is 3. The molecular weight excluding hydrogens is 490 g/mol. The van der Waals surface area contributed by atoms with Crippen LogP contribution in [-0.4, -0.2) is 41.6 Å². The lowest BCUT2D eigenvalue weighted by Gasteiger charge is -2.10. The number of amides is 1. The SMILES string of the molecule is C=CCn1c(SCC(=O)Nc2ccc([N+](=O)[O-])cc2O)nnc1-c1cc(Br)ccc1O. The minimum atomic E-state index is -0.645. The van der Waals surface area contributed by atoms with Gasteiger partial charge < -0.3 is 15.5 Å². The molecule has 31 heavy (non-hydrogen) atoms. The third kappa shape index (κ3) is 5.22. The number of nitrogens with zero attached hydrogens (tertiary/aromatic N) is 4. The number of benzene rings is 2. The molecule has 0 aliphatic rings. The standard InChI is InChI=1S/C19H16BrN5O5S/c1-2-7-24-18(13-8-11(20)3-6-15(13)26)22-23-19(24)31-10-17(28)21-14-5-4-12(25(29)30)9-16(14)27/h2-6,8-9,26-27H,1,7,10H2,(H,21,28). The van der Waals surface area contributed by atoms with E-state index in [9.17, 15) is 25.1 Å². The molecule has 1 aromatic heterocycles. The Balaban J connectivity index is 1.75. The number of anilines is 1. The molecule has 3 rings (SSSR count). The van der Waals surface area contributed by atoms with E-state index in [0.29, 0.717) is 23.1 Å². The van der Waals surface area contributed by atoms with E-state index in [4.69, 9.17) is 0 Å². The van der Waals surface area contributed by atoms with E-state index in [1.807, 2.05) is 0 Å². The topological polar surface area (TPSA) is 143 Å². The second-order valence-corrected chi connectivity index (χ2v) is 8.02. The third-order valence-electron chi connectivity index (χ3n) is 4.03. The summed E-state index contributed by atoms with van der Waals surface area (Å²) < 4.78 is 2.46. The van der Waals surface area contributed by atoms with Gasteiger partial charge in [-0.05, 0) is 24.3 Å². The maximum absolute atomic E-state index is 12.3. The lowest BCUT2D eigenvalue weighted by Crippen LogP contribution is -2.15. The van der Waals surface area contributed by atoms with Gasteiger partial charge in [0.25, 0.3) is 5.69 Å². The summed E-state index contributed by atoms with van der Waals surface area (Å²) in [4.78, 5) is 22.4. The zero-order valence-corrected chi connectivity index (χ0v) is 18.3. The highest BCUT2D eigenvalue weighted by molar-refractivity contribution is 9.10. The molecule has 0 aliphatic carbocycles. The molecule has 1 heterocycles. The number of allylic oxidation sites excluding steroid dienone is 1. The van der Waals surface area contributed by atoms with Gasteiger partial charge in [0.1, 0.15) is 11.5 Å². The number of hydrogen-bond acceptors (Lipinski definition) is 8. The molecule has 1 amide bonds. The summed E-state index contributed by atoms with van der Waals surface area (Å²) in [5.74, 6) is -0.474. The van der Waals surface area contributed by atoms with Crippen molar-refractivity contribution in [2.24, 2.45) is 0 Å². The molecule has 3 N–H and O–H groups in total. The predicted octanol–water partition coefficient (Wildman–Crippen LogP) is 3.94. The van der Waals surface area contributed by atoms with Crippen molar-refractivity contribution in [3.63, 3.8) is 0 Å². The Morgan fingerprint density at radius 2 is 2.03 bits per heavy atom. The Morgan fingerprint density at radius 3 is 2.71 bits per heavy atom. The molecule has 0 fully saturated rings. The number of non-ortho nitro benzene ring substituents is 1. The summed E-state index contributed by atoms with van der Waals surface area (Å²) in [5.41, 5.74) is 0.241. The number of thioether (sulfide) groups is 1. The molecule has 0 bridgehead atoms. The van der Waals surface area contributed by atoms with Crippen LogP contribution in [0.25, 0.3) is 11.4 Å². The van der Waals surface area contributed by atoms with Gasteiger partial charge in [0, 0.05) is 17.1 Å². The summed E-state index contributed by atoms with van der Waals surface area (Å²) in [6, 6.07) is 8.33. The van der Waals surface area contributed by atoms with Crippen LogP contribution in [0, 0.1) is 10.1 Å². The number of phenols is 2. The molecule has 0 saturated heterocycles. The average Bonchev–Trinajstić information content (AvgIpc) is 3.12. The first-order valence-electron chi connectivity index (χ1n) is 8.73. The Labute approximate surface area is 188 Å². The van der Waals surface area contributed by atoms with E-state index in [0.717, 1.165) is 22.3 Å². The molecule has 0 saturated carbocycles. The fourth-order valence-corrected chi connectivity index (χ4v) is 3.74. The highest BCUT2D eigenvalue weighted by Crippen LogP contribution is 2.33. The Bertz CT molecular complexity index is 1170. The molecule has 3 aromatic rings. The lowest BCUT2D eigenvalue weighted by atomic mass is 10.2. The van der Waals surface area contributed by atoms with Gasteiger partial charge in [0.15, 0.2) is 11.0 Å². The quantitative estimate of drug-likeness (QED) is 0.137. The van der Waals surface area contributed by atoms with Crippen LogP contribution in [0.3, 0.4) is 0 Å². The second-order valence-electron chi connectivity index (χ2n) is 6.16. The molecule has 2 aromatic carbocycles. The van der Waals surface area contributed by atoms with Gasteiger partial charge in [-0.25, -0.2) is 0 Å². The molecule has 160 valence electrons. The number of carbonyl (C=O) groups is 1. The first-order chi connectivity index (χ1) is 14.8. The van der Waals surface area contributed by atoms with Crippen molar-refractivity contribution in [2.45, 2.75) is 11.7 Å². The van der Waals surface area contributed by atoms with Crippen molar-refractivity contribution in [2.75, 3.05) is 11.1 Å². The lowest BCUT2D eigenvalue weighted by molar-refractivity contribution is -0.384. The van der Waals surface area contributed by atoms with Crippen molar-refractivity contribution < 1.29 is 19.9 Å². The van der Waals surface area contributed by atoms with Gasteiger partial charge in [0.05, 0.1) is 28.0 Å². The van der Waals surface area contributed by atoms with Crippen molar-refractivity contribution in [3.05, 3.63) is 63.6 Å². The zero-order chi connectivity index (χ0) is 22.5. The van der Waals surface area contributed by atoms with Crippen LogP contribution in [0.2, 0.25) is 0 Å². The predicted molar refractivity (Wildman–Crippen MR) is 119 cm³/mol. The molecule has 0 atom stereocenters. The molecule has 0 unspecified atom stereocenters. The summed E-state index contributed by atoms with van der Waals surface area (Å²) in [6.07, 6.45) is 1.64. The molecule has 0 aliphatic heterocycles. The largest absolute Gasteiger partial charge is 0.507 e. The number of halogens is 1. The van der Waals surface area contributed by atoms with Crippen LogP contribution in [0.4, 0.5) is 11.4 Å². The number of nitrogens with one attached hydrogen (secondary N) is 1. The molecular formula is C19H16BrN5O5S. The number of phenolic OH excluding ortho intramolecular Hbond substituents is 2. The molecule has 0 spiro atoms. The maximum Gasteiger partial charge on any atom is 0.273 e. The number of aromatic hydroxyl groups is 2. The second kappa shape index (κ2) is 9.62. The van der Waals surface area contributed by atoms with Gasteiger partial charge in [-0.2, -0.15) is 0 Å². The van der Waals surface area contributed by atoms with Crippen LogP contribution in [0.15, 0.2) is 58.7 Å². The minimum absolute atomic E-state index is 0.0313. The van der Waals surface area contributed by atoms with Crippen LogP contribution < -0.4 is 5.32 Å². The highest BCUT2D eigenvalue weighted by atomic mass is 79.9. The minimum Gasteiger partial charge on any atom is -0.507 e. The molecule has 10 nitrogen and oxygen atoms in total. The highest BCUT2D eigenvalue weighted by Gasteiger charge is 2.18. The van der Waals surface area contributed by atoms with E-state index < -0.39 is 16.6 Å². The third-order valence-corrected chi connectivity index (χ3v) is 5.49. The fraction of sp³-hybridized carbons (Fsp3) is 0.105. The van der Waals surface area contributed by atoms with Crippen LogP contribution >= 0.6 is 27.7 Å². The summed E-state index contributed by atoms with van der Waals surface area (Å²) >= 11 is 4.46. The van der Waals surface area contributed by atoms with Crippen LogP contribution in [-0.2, 0) is 11.3 Å². The van der Waals surface area contributed by atoms with E-state index in [-0.39, 0.29) is 22.9 Å². The number of nitro benzene ring substituents is 1. The van der Waals surface area contributed by atoms with E-state index in [1.54, 1.807) is 22.8 Å². The van der Waals surface area contributed by atoms with Gasteiger partial charge in [-0.3, -0.25) is 19.5 Å². The van der Waals surface area contributed by atoms with Crippen LogP contribution in [0.5, 0.6) is 11.5 Å². The van der Waals surface area contributed by atoms with Gasteiger partial charge >= 0.3 is 0 Å². The van der Waals surface area contributed by atoms with Crippen LogP contribution in [0.1, 0.15) is 0 Å². The number of carbonyl (C=O) groups excluding carboxylic acids is 1. The van der Waals surface area contributed by atoms with E-state index in [1.165, 1.54) is 18.2 Å². The van der Waals surface area contributed by atoms with Gasteiger partial charge in [-0.1, -0.05) is 33.8 Å². The van der Waals surface area contributed by atoms with E-state index >= 15 is 0 Å². The average molecular weight is 506 g/mol. The summed E-state index contributed by atoms with van der Waals surface area (Å²) in [5, 5.41) is 42.0. The first-order valence-corrected chi connectivity index (χ1v) is 10.5. The zero-order valence-electron chi connectivity index (χ0n) is 15.9. The summed E-state index contributed by atoms with van der Waals surface area (Å²) in [6.45, 7) is 4.07. The number of hydrogen-bond donors (Lipinski definition) is 3. The number of rotatable bonds is 8. The maximum atomic E-state index is 12.3. The van der Waals surface area contributed by atoms with Gasteiger partial charge in [0.2, 0.25) is 5.91 Å². The number of nitro groups is 1. The normalized spacial score (nSPS) is 10.6. The monoisotopic (exact) mass is 505 g/mol. The van der Waals surface area contributed by atoms with Crippen molar-refractivity contribution in [1.82, 2.24) is 14.8 Å². The summed E-state index contributed by atoms with van der Waals surface area (Å²) in [7, 11) is 0. The molecule has 12 heteroatoms. The van der Waals surface area contributed by atoms with Crippen molar-refractivity contribution >= 4 is 45.0 Å². The fourth-order valence-electron chi connectivity index (χ4n) is 2.63. The molecule has 0 radical (unpaired) electrons. The Kier molecular flexibility index (Phi) is 6.92. The van der Waals surface area contributed by atoms with Crippen molar-refractivity contribution in [3.8, 4) is 22.9 Å². The van der Waals surface area contributed by atoms with E-state index in [2.05, 4.69) is 38.0 Å². The Hall–Kier alpha value is -3.38. The van der Waals surface area contributed by atoms with Gasteiger partial charge in [-0.15, -0.1) is 16.8 Å². The smallest absolute Gasteiger partial charge is 0.273 e. The Morgan fingerprint density at radius 1 is 1.26 bits per heavy atom. The first kappa shape index (κ1) is 22.3. The van der Waals surface area contributed by atoms with Crippen molar-refractivity contribution in [1.29, 1.82) is 0 Å².